The molecule has 0 saturated carbocycles. The third-order valence-electron chi connectivity index (χ3n) is 6.64. The normalized spacial score (nSPS) is 13.8. The second kappa shape index (κ2) is 14.1. The van der Waals surface area contributed by atoms with Gasteiger partial charge < -0.3 is 10.2 Å². The van der Waals surface area contributed by atoms with Crippen molar-refractivity contribution in [2.24, 2.45) is 10.1 Å². The van der Waals surface area contributed by atoms with Crippen LogP contribution in [0.4, 0.5) is 0 Å². The first-order valence-electron chi connectivity index (χ1n) is 13.6. The third-order valence-corrected chi connectivity index (χ3v) is 6.64. The van der Waals surface area contributed by atoms with Crippen LogP contribution >= 0.6 is 0 Å². The molecule has 4 rings (SSSR count). The number of aryl methyl sites for hydroxylation is 1. The average Bonchev–Trinajstić information content (AvgIpc) is 3.21. The van der Waals surface area contributed by atoms with Crippen LogP contribution in [0, 0.1) is 0 Å². The summed E-state index contributed by atoms with van der Waals surface area (Å²) in [6.45, 7) is 1.45. The van der Waals surface area contributed by atoms with Gasteiger partial charge in [-0.2, -0.15) is 5.10 Å². The molecule has 0 bridgehead atoms. The van der Waals surface area contributed by atoms with Crippen LogP contribution in [0.2, 0.25) is 0 Å². The summed E-state index contributed by atoms with van der Waals surface area (Å²) in [5.74, 6) is -1.67. The van der Waals surface area contributed by atoms with E-state index in [4.69, 9.17) is 0 Å². The fraction of sp³-hybridized carbons (Fsp3) is 0.281. The number of nitrogens with one attached hydrogen (secondary N) is 1. The second-order valence-corrected chi connectivity index (χ2v) is 10.2. The van der Waals surface area contributed by atoms with Gasteiger partial charge in [-0.25, -0.2) is 4.90 Å². The zero-order chi connectivity index (χ0) is 29.2. The van der Waals surface area contributed by atoms with Gasteiger partial charge in [0.1, 0.15) is 0 Å². The Morgan fingerprint density at radius 1 is 0.878 bits per heavy atom. The predicted molar refractivity (Wildman–Crippen MR) is 161 cm³/mol. The first kappa shape index (κ1) is 29.4. The van der Waals surface area contributed by atoms with E-state index in [9.17, 15) is 14.4 Å². The Hall–Kier alpha value is -4.63. The first-order valence-corrected chi connectivity index (χ1v) is 13.6. The summed E-state index contributed by atoms with van der Waals surface area (Å²) in [5, 5.41) is 8.32. The molecule has 0 radical (unpaired) electrons. The van der Waals surface area contributed by atoms with Crippen molar-refractivity contribution in [2.75, 3.05) is 27.7 Å². The summed E-state index contributed by atoms with van der Waals surface area (Å²) >= 11 is 0. The van der Waals surface area contributed by atoms with Crippen molar-refractivity contribution in [1.29, 1.82) is 0 Å². The molecule has 9 nitrogen and oxygen atoms in total. The van der Waals surface area contributed by atoms with Crippen molar-refractivity contribution in [3.63, 3.8) is 0 Å². The number of hydrazone groups is 1. The molecule has 1 aliphatic rings. The average molecular weight is 553 g/mol. The number of unbranched alkanes of at least 4 members (excludes halogenated alkanes) is 1. The number of hydrogen-bond donors (Lipinski definition) is 1. The number of hydrogen-bond acceptors (Lipinski definition) is 7. The van der Waals surface area contributed by atoms with Gasteiger partial charge in [-0.1, -0.05) is 66.7 Å². The summed E-state index contributed by atoms with van der Waals surface area (Å²) < 4.78 is 0. The van der Waals surface area contributed by atoms with E-state index in [2.05, 4.69) is 58.7 Å². The molecule has 0 aromatic heterocycles. The van der Waals surface area contributed by atoms with E-state index in [1.54, 1.807) is 37.5 Å². The van der Waals surface area contributed by atoms with E-state index in [1.807, 2.05) is 30.3 Å². The molecule has 1 unspecified atom stereocenters. The van der Waals surface area contributed by atoms with Crippen LogP contribution in [0.15, 0.2) is 89.0 Å². The quantitative estimate of drug-likeness (QED) is 0.114. The molecule has 3 amide bonds. The lowest BCUT2D eigenvalue weighted by Gasteiger charge is -2.30. The minimum absolute atomic E-state index is 0.261. The Bertz CT molecular complexity index is 1380. The topological polar surface area (TPSA) is 97.7 Å². The van der Waals surface area contributed by atoms with Crippen molar-refractivity contribution in [3.8, 4) is 0 Å². The van der Waals surface area contributed by atoms with Gasteiger partial charge in [0.25, 0.3) is 17.7 Å². The maximum atomic E-state index is 13.3. The largest absolute Gasteiger partial charge is 0.314 e. The zero-order valence-corrected chi connectivity index (χ0v) is 23.7. The molecule has 0 aliphatic carbocycles. The highest BCUT2D eigenvalue weighted by molar-refractivity contribution is 6.23. The van der Waals surface area contributed by atoms with Crippen LogP contribution in [0.25, 0.3) is 0 Å². The van der Waals surface area contributed by atoms with Gasteiger partial charge in [-0.05, 0) is 62.2 Å². The molecule has 9 heteroatoms. The van der Waals surface area contributed by atoms with Gasteiger partial charge in [0, 0.05) is 20.1 Å². The van der Waals surface area contributed by atoms with E-state index in [0.717, 1.165) is 36.3 Å². The van der Waals surface area contributed by atoms with E-state index in [1.165, 1.54) is 22.5 Å². The van der Waals surface area contributed by atoms with Gasteiger partial charge in [-0.15, -0.1) is 0 Å². The number of nitrogens with zero attached hydrogens (tertiary/aromatic N) is 5. The number of carbonyl (C=O) groups excluding carboxylic acids is 3. The van der Waals surface area contributed by atoms with Crippen LogP contribution in [0.3, 0.4) is 0 Å². The van der Waals surface area contributed by atoms with Crippen LogP contribution in [0.1, 0.15) is 50.2 Å². The van der Waals surface area contributed by atoms with E-state index >= 15 is 0 Å². The minimum Gasteiger partial charge on any atom is -0.314 e. The Morgan fingerprint density at radius 2 is 1.54 bits per heavy atom. The highest BCUT2D eigenvalue weighted by atomic mass is 16.2. The number of likely N-dealkylation sites (N-methyl/N-ethyl adjacent to an activating group) is 1. The molecule has 0 saturated heterocycles. The van der Waals surface area contributed by atoms with Gasteiger partial charge in [0.15, 0.2) is 0 Å². The number of carbonyl (C=O) groups is 3. The van der Waals surface area contributed by atoms with Crippen molar-refractivity contribution in [2.45, 2.75) is 32.0 Å². The molecule has 3 aromatic rings. The Labute approximate surface area is 241 Å². The van der Waals surface area contributed by atoms with Gasteiger partial charge >= 0.3 is 0 Å². The van der Waals surface area contributed by atoms with Crippen molar-refractivity contribution >= 4 is 30.3 Å². The third kappa shape index (κ3) is 7.73. The number of fused-ring (bicyclic) bond motifs is 1. The molecule has 41 heavy (non-hydrogen) atoms. The van der Waals surface area contributed by atoms with Gasteiger partial charge in [-0.3, -0.25) is 24.4 Å². The lowest BCUT2D eigenvalue weighted by molar-refractivity contribution is -0.128. The molecule has 3 aromatic carbocycles. The fourth-order valence-electron chi connectivity index (χ4n) is 4.67. The van der Waals surface area contributed by atoms with Crippen molar-refractivity contribution in [1.82, 2.24) is 20.1 Å². The van der Waals surface area contributed by atoms with Crippen LogP contribution in [-0.2, 0) is 17.8 Å². The molecule has 1 N–H and O–H groups in total. The van der Waals surface area contributed by atoms with Gasteiger partial charge in [0.2, 0.25) is 6.17 Å². The standard InChI is InChI=1S/C32H36N6O3/c1-36(2)22-26-16-11-15-24(20-26)12-9-10-19-33-23-34-29(39)30(37(3)35-21-25-13-5-4-6-14-25)38-31(40)27-17-7-8-18-28(27)32(38)41/h4-8,11,13-18,20-21,23,30H,9-10,12,19,22H2,1-3H3,(H,33,34,39). The molecule has 0 spiro atoms. The highest BCUT2D eigenvalue weighted by Gasteiger charge is 2.44. The number of rotatable bonds is 13. The van der Waals surface area contributed by atoms with Crippen molar-refractivity contribution < 1.29 is 14.4 Å². The minimum atomic E-state index is -1.30. The molecule has 1 atom stereocenters. The SMILES string of the molecule is CN(C)Cc1cccc(CCCCN=CNC(=O)C(N(C)N=Cc2ccccc2)N2C(=O)c3ccccc3C2=O)c1. The summed E-state index contributed by atoms with van der Waals surface area (Å²) in [7, 11) is 5.67. The zero-order valence-electron chi connectivity index (χ0n) is 23.7. The summed E-state index contributed by atoms with van der Waals surface area (Å²) in [4.78, 5) is 47.1. The summed E-state index contributed by atoms with van der Waals surface area (Å²) in [6.07, 6.45) is 4.37. The number of amides is 3. The number of imide groups is 1. The molecular formula is C32H36N6O3. The summed E-state index contributed by atoms with van der Waals surface area (Å²) in [6, 6.07) is 24.5. The van der Waals surface area contributed by atoms with Gasteiger partial charge in [0.05, 0.1) is 23.7 Å². The van der Waals surface area contributed by atoms with E-state index in [0.29, 0.717) is 6.54 Å². The lowest BCUT2D eigenvalue weighted by Crippen LogP contribution is -2.56. The highest BCUT2D eigenvalue weighted by Crippen LogP contribution is 2.25. The number of benzene rings is 3. The van der Waals surface area contributed by atoms with E-state index < -0.39 is 23.9 Å². The monoisotopic (exact) mass is 552 g/mol. The Balaban J connectivity index is 1.37. The molecular weight excluding hydrogens is 516 g/mol. The Kier molecular flexibility index (Phi) is 10.1. The molecule has 0 fully saturated rings. The van der Waals surface area contributed by atoms with Crippen LogP contribution < -0.4 is 5.32 Å². The fourth-order valence-corrected chi connectivity index (χ4v) is 4.67. The van der Waals surface area contributed by atoms with E-state index in [-0.39, 0.29) is 11.1 Å². The maximum Gasteiger partial charge on any atom is 0.270 e. The van der Waals surface area contributed by atoms with Crippen LogP contribution in [0.5, 0.6) is 0 Å². The second-order valence-electron chi connectivity index (χ2n) is 10.2. The molecule has 1 heterocycles. The molecule has 1 aliphatic heterocycles. The first-order chi connectivity index (χ1) is 19.8. The smallest absolute Gasteiger partial charge is 0.270 e. The molecule has 212 valence electrons. The maximum absolute atomic E-state index is 13.3. The lowest BCUT2D eigenvalue weighted by atomic mass is 10.1. The van der Waals surface area contributed by atoms with Crippen molar-refractivity contribution in [3.05, 3.63) is 107 Å². The summed E-state index contributed by atoms with van der Waals surface area (Å²) in [5.41, 5.74) is 3.92. The number of aliphatic imine (C=N–C) groups is 1. The van der Waals surface area contributed by atoms with Crippen LogP contribution in [-0.4, -0.2) is 78.9 Å². The Morgan fingerprint density at radius 3 is 2.22 bits per heavy atom. The predicted octanol–water partition coefficient (Wildman–Crippen LogP) is 3.80.